The Bertz CT molecular complexity index is 1040. The molecule has 0 aromatic heterocycles. The first-order valence-corrected chi connectivity index (χ1v) is 9.64. The standard InChI is InChI=1S/C24H22N4O2/c1-30-22-15-9-8-10-18(22)17-25-27-23(29)21-16-24(28-26-21,19-11-4-2-5-12-19)20-13-6-3-7-14-20/h2-15,17,28H,16H2,1H3,(H,27,29)/b25-17-. The van der Waals surface area contributed by atoms with Crippen molar-refractivity contribution >= 4 is 17.8 Å². The van der Waals surface area contributed by atoms with Crippen LogP contribution in [0, 0.1) is 0 Å². The minimum atomic E-state index is -0.596. The number of nitrogens with one attached hydrogen (secondary N) is 2. The van der Waals surface area contributed by atoms with Gasteiger partial charge in [0.2, 0.25) is 0 Å². The van der Waals surface area contributed by atoms with Gasteiger partial charge in [-0.05, 0) is 23.3 Å². The molecule has 3 aromatic rings. The van der Waals surface area contributed by atoms with E-state index < -0.39 is 5.54 Å². The number of carbonyl (C=O) groups excluding carboxylic acids is 1. The van der Waals surface area contributed by atoms with Gasteiger partial charge in [0.05, 0.1) is 13.3 Å². The van der Waals surface area contributed by atoms with E-state index in [9.17, 15) is 4.79 Å². The molecule has 0 atom stereocenters. The number of hydrogen-bond donors (Lipinski definition) is 2. The molecule has 3 aromatic carbocycles. The Labute approximate surface area is 175 Å². The number of hydrogen-bond acceptors (Lipinski definition) is 5. The Morgan fingerprint density at radius 3 is 2.23 bits per heavy atom. The minimum absolute atomic E-state index is 0.345. The first-order valence-electron chi connectivity index (χ1n) is 9.64. The van der Waals surface area contributed by atoms with Gasteiger partial charge in [-0.2, -0.15) is 10.2 Å². The molecule has 0 fully saturated rings. The third kappa shape index (κ3) is 3.80. The fraction of sp³-hybridized carbons (Fsp3) is 0.125. The van der Waals surface area contributed by atoms with Crippen molar-refractivity contribution in [3.8, 4) is 5.75 Å². The van der Waals surface area contributed by atoms with Crippen LogP contribution >= 0.6 is 0 Å². The van der Waals surface area contributed by atoms with Crippen molar-refractivity contribution in [3.63, 3.8) is 0 Å². The van der Waals surface area contributed by atoms with Crippen molar-refractivity contribution < 1.29 is 9.53 Å². The molecular formula is C24H22N4O2. The molecular weight excluding hydrogens is 376 g/mol. The number of hydrazone groups is 2. The van der Waals surface area contributed by atoms with E-state index in [1.54, 1.807) is 13.3 Å². The van der Waals surface area contributed by atoms with Crippen LogP contribution in [0.2, 0.25) is 0 Å². The van der Waals surface area contributed by atoms with E-state index in [0.29, 0.717) is 17.9 Å². The summed E-state index contributed by atoms with van der Waals surface area (Å²) in [5.41, 5.74) is 8.43. The van der Waals surface area contributed by atoms with Gasteiger partial charge in [-0.3, -0.25) is 10.2 Å². The van der Waals surface area contributed by atoms with Crippen molar-refractivity contribution in [1.29, 1.82) is 0 Å². The molecule has 1 aliphatic rings. The van der Waals surface area contributed by atoms with Gasteiger partial charge in [0.25, 0.3) is 5.91 Å². The zero-order chi connectivity index (χ0) is 20.8. The first-order chi connectivity index (χ1) is 14.7. The van der Waals surface area contributed by atoms with Gasteiger partial charge in [0.15, 0.2) is 0 Å². The van der Waals surface area contributed by atoms with Crippen LogP contribution in [0.1, 0.15) is 23.1 Å². The number of para-hydroxylation sites is 1. The highest BCUT2D eigenvalue weighted by Crippen LogP contribution is 2.36. The maximum absolute atomic E-state index is 12.7. The Kier molecular flexibility index (Phi) is 5.57. The molecule has 0 spiro atoms. The Hall–Kier alpha value is -3.93. The molecule has 0 saturated heterocycles. The van der Waals surface area contributed by atoms with Crippen molar-refractivity contribution in [2.75, 3.05) is 7.11 Å². The lowest BCUT2D eigenvalue weighted by molar-refractivity contribution is -0.114. The topological polar surface area (TPSA) is 75.1 Å². The molecule has 0 bridgehead atoms. The molecule has 6 heteroatoms. The van der Waals surface area contributed by atoms with Crippen LogP contribution in [0.4, 0.5) is 0 Å². The van der Waals surface area contributed by atoms with Gasteiger partial charge in [-0.25, -0.2) is 5.43 Å². The Morgan fingerprint density at radius 2 is 1.60 bits per heavy atom. The highest BCUT2D eigenvalue weighted by atomic mass is 16.5. The average Bonchev–Trinajstić information content (AvgIpc) is 3.27. The van der Waals surface area contributed by atoms with Crippen molar-refractivity contribution in [2.24, 2.45) is 10.2 Å². The van der Waals surface area contributed by atoms with Crippen molar-refractivity contribution in [3.05, 3.63) is 102 Å². The van der Waals surface area contributed by atoms with E-state index in [-0.39, 0.29) is 5.91 Å². The maximum Gasteiger partial charge on any atom is 0.287 e. The second-order valence-corrected chi connectivity index (χ2v) is 6.93. The van der Waals surface area contributed by atoms with Crippen LogP contribution in [0.5, 0.6) is 5.75 Å². The summed E-state index contributed by atoms with van der Waals surface area (Å²) in [6, 6.07) is 27.5. The monoisotopic (exact) mass is 398 g/mol. The van der Waals surface area contributed by atoms with Crippen LogP contribution in [0.3, 0.4) is 0 Å². The molecule has 0 saturated carbocycles. The third-order valence-corrected chi connectivity index (χ3v) is 5.12. The number of amides is 1. The summed E-state index contributed by atoms with van der Waals surface area (Å²) < 4.78 is 5.29. The van der Waals surface area contributed by atoms with Gasteiger partial charge in [0.1, 0.15) is 17.0 Å². The summed E-state index contributed by atoms with van der Waals surface area (Å²) in [6.07, 6.45) is 1.97. The summed E-state index contributed by atoms with van der Waals surface area (Å²) >= 11 is 0. The number of benzene rings is 3. The SMILES string of the molecule is COc1ccccc1/C=N\NC(=O)C1=NNC(c2ccccc2)(c2ccccc2)C1. The van der Waals surface area contributed by atoms with E-state index in [2.05, 4.69) is 21.1 Å². The van der Waals surface area contributed by atoms with Gasteiger partial charge >= 0.3 is 0 Å². The molecule has 4 rings (SSSR count). The molecule has 6 nitrogen and oxygen atoms in total. The smallest absolute Gasteiger partial charge is 0.287 e. The number of carbonyl (C=O) groups is 1. The fourth-order valence-corrected chi connectivity index (χ4v) is 3.57. The fourth-order valence-electron chi connectivity index (χ4n) is 3.57. The number of ether oxygens (including phenoxy) is 1. The summed E-state index contributed by atoms with van der Waals surface area (Å²) in [7, 11) is 1.59. The maximum atomic E-state index is 12.7. The van der Waals surface area contributed by atoms with Crippen LogP contribution in [-0.4, -0.2) is 24.9 Å². The second-order valence-electron chi connectivity index (χ2n) is 6.93. The van der Waals surface area contributed by atoms with Crippen LogP contribution in [0.25, 0.3) is 0 Å². The highest BCUT2D eigenvalue weighted by Gasteiger charge is 2.41. The van der Waals surface area contributed by atoms with Gasteiger partial charge in [-0.15, -0.1) is 0 Å². The summed E-state index contributed by atoms with van der Waals surface area (Å²) in [4.78, 5) is 12.7. The number of nitrogens with zero attached hydrogens (tertiary/aromatic N) is 2. The van der Waals surface area contributed by atoms with Crippen LogP contribution < -0.4 is 15.6 Å². The molecule has 0 radical (unpaired) electrons. The van der Waals surface area contributed by atoms with E-state index in [1.165, 1.54) is 0 Å². The van der Waals surface area contributed by atoms with Crippen molar-refractivity contribution in [1.82, 2.24) is 10.9 Å². The zero-order valence-electron chi connectivity index (χ0n) is 16.6. The molecule has 0 unspecified atom stereocenters. The zero-order valence-corrected chi connectivity index (χ0v) is 16.6. The normalized spacial score (nSPS) is 14.8. The second kappa shape index (κ2) is 8.61. The summed E-state index contributed by atoms with van der Waals surface area (Å²) in [6.45, 7) is 0. The molecule has 30 heavy (non-hydrogen) atoms. The summed E-state index contributed by atoms with van der Waals surface area (Å²) in [5, 5.41) is 8.43. The van der Waals surface area contributed by atoms with E-state index in [4.69, 9.17) is 4.74 Å². The Morgan fingerprint density at radius 1 is 1.00 bits per heavy atom. The molecule has 1 heterocycles. The first kappa shape index (κ1) is 19.4. The molecule has 150 valence electrons. The lowest BCUT2D eigenvalue weighted by Crippen LogP contribution is -2.38. The minimum Gasteiger partial charge on any atom is -0.496 e. The lowest BCUT2D eigenvalue weighted by atomic mass is 9.80. The third-order valence-electron chi connectivity index (χ3n) is 5.12. The van der Waals surface area contributed by atoms with Crippen LogP contribution in [0.15, 0.2) is 95.1 Å². The quantitative estimate of drug-likeness (QED) is 0.493. The predicted octanol–water partition coefficient (Wildman–Crippen LogP) is 3.44. The molecule has 1 amide bonds. The van der Waals surface area contributed by atoms with Crippen LogP contribution in [-0.2, 0) is 10.3 Å². The Balaban J connectivity index is 1.52. The average molecular weight is 398 g/mol. The van der Waals surface area contributed by atoms with E-state index in [0.717, 1.165) is 16.7 Å². The highest BCUT2D eigenvalue weighted by molar-refractivity contribution is 6.39. The number of rotatable bonds is 6. The van der Waals surface area contributed by atoms with Gasteiger partial charge in [0, 0.05) is 12.0 Å². The van der Waals surface area contributed by atoms with E-state index in [1.807, 2.05) is 84.9 Å². The molecule has 2 N–H and O–H groups in total. The van der Waals surface area contributed by atoms with Gasteiger partial charge in [-0.1, -0.05) is 72.8 Å². The largest absolute Gasteiger partial charge is 0.496 e. The lowest BCUT2D eigenvalue weighted by Gasteiger charge is -2.30. The predicted molar refractivity (Wildman–Crippen MR) is 118 cm³/mol. The number of methoxy groups -OCH3 is 1. The molecule has 1 aliphatic heterocycles. The summed E-state index contributed by atoms with van der Waals surface area (Å²) in [5.74, 6) is 0.338. The molecule has 0 aliphatic carbocycles. The van der Waals surface area contributed by atoms with Crippen molar-refractivity contribution in [2.45, 2.75) is 12.0 Å². The van der Waals surface area contributed by atoms with Gasteiger partial charge < -0.3 is 4.74 Å². The van der Waals surface area contributed by atoms with E-state index >= 15 is 0 Å².